The third-order valence-corrected chi connectivity index (χ3v) is 3.56. The second-order valence-corrected chi connectivity index (χ2v) is 6.68. The van der Waals surface area contributed by atoms with E-state index in [0.29, 0.717) is 5.41 Å². The number of piperidine rings is 1. The van der Waals surface area contributed by atoms with Gasteiger partial charge in [0, 0.05) is 25.0 Å². The van der Waals surface area contributed by atoms with E-state index in [2.05, 4.69) is 11.9 Å². The number of ether oxygens (including phenoxy) is 1. The van der Waals surface area contributed by atoms with E-state index in [1.807, 2.05) is 25.7 Å². The van der Waals surface area contributed by atoms with Gasteiger partial charge in [-0.1, -0.05) is 0 Å². The molecule has 0 N–H and O–H groups in total. The molecule has 2 rings (SSSR count). The molecule has 0 aromatic rings. The van der Waals surface area contributed by atoms with Gasteiger partial charge in [-0.3, -0.25) is 0 Å². The minimum absolute atomic E-state index is 0.156. The van der Waals surface area contributed by atoms with Crippen molar-refractivity contribution in [2.45, 2.75) is 39.2 Å². The van der Waals surface area contributed by atoms with Gasteiger partial charge in [-0.25, -0.2) is 4.79 Å². The predicted molar refractivity (Wildman–Crippen MR) is 67.0 cm³/mol. The van der Waals surface area contributed by atoms with Crippen molar-refractivity contribution in [3.63, 3.8) is 0 Å². The molecule has 2 fully saturated rings. The monoisotopic (exact) mass is 240 g/mol. The predicted octanol–water partition coefficient (Wildman–Crippen LogP) is 1.95. The highest BCUT2D eigenvalue weighted by atomic mass is 16.6. The van der Waals surface area contributed by atoms with Gasteiger partial charge in [0.15, 0.2) is 0 Å². The molecule has 2 aliphatic rings. The van der Waals surface area contributed by atoms with Crippen LogP contribution in [0.1, 0.15) is 33.6 Å². The van der Waals surface area contributed by atoms with Crippen molar-refractivity contribution in [1.29, 1.82) is 0 Å². The standard InChI is InChI=1S/C13H24N2O2/c1-12(2,3)17-11(16)15-9-13(10-15)6-5-7-14(4)8-13/h5-10H2,1-4H3. The van der Waals surface area contributed by atoms with Crippen LogP contribution in [0.15, 0.2) is 0 Å². The Hall–Kier alpha value is -0.770. The Kier molecular flexibility index (Phi) is 3.10. The van der Waals surface area contributed by atoms with Gasteiger partial charge in [0.2, 0.25) is 0 Å². The Balaban J connectivity index is 1.83. The fourth-order valence-electron chi connectivity index (χ4n) is 2.93. The molecule has 0 aliphatic carbocycles. The SMILES string of the molecule is CN1CCCC2(C1)CN(C(=O)OC(C)(C)C)C2. The maximum Gasteiger partial charge on any atom is 0.410 e. The second-order valence-electron chi connectivity index (χ2n) is 6.68. The number of carbonyl (C=O) groups excluding carboxylic acids is 1. The summed E-state index contributed by atoms with van der Waals surface area (Å²) in [5.74, 6) is 0. The van der Waals surface area contributed by atoms with Crippen molar-refractivity contribution in [2.75, 3.05) is 33.2 Å². The van der Waals surface area contributed by atoms with E-state index in [-0.39, 0.29) is 11.7 Å². The second kappa shape index (κ2) is 4.16. The van der Waals surface area contributed by atoms with E-state index in [1.165, 1.54) is 19.4 Å². The van der Waals surface area contributed by atoms with Crippen molar-refractivity contribution in [1.82, 2.24) is 9.80 Å². The molecule has 2 saturated heterocycles. The van der Waals surface area contributed by atoms with Crippen molar-refractivity contribution in [3.05, 3.63) is 0 Å². The third kappa shape index (κ3) is 2.92. The molecule has 4 heteroatoms. The molecule has 2 heterocycles. The Morgan fingerprint density at radius 1 is 1.24 bits per heavy atom. The zero-order valence-electron chi connectivity index (χ0n) is 11.5. The van der Waals surface area contributed by atoms with Crippen LogP contribution in [0.4, 0.5) is 4.79 Å². The van der Waals surface area contributed by atoms with Gasteiger partial charge in [0.1, 0.15) is 5.60 Å². The molecule has 98 valence electrons. The molecule has 17 heavy (non-hydrogen) atoms. The normalized spacial score (nSPS) is 24.6. The summed E-state index contributed by atoms with van der Waals surface area (Å²) in [5.41, 5.74) is -0.0346. The van der Waals surface area contributed by atoms with E-state index < -0.39 is 0 Å². The van der Waals surface area contributed by atoms with Gasteiger partial charge in [0.05, 0.1) is 0 Å². The smallest absolute Gasteiger partial charge is 0.410 e. The third-order valence-electron chi connectivity index (χ3n) is 3.56. The first-order chi connectivity index (χ1) is 7.80. The minimum Gasteiger partial charge on any atom is -0.444 e. The van der Waals surface area contributed by atoms with Crippen LogP contribution >= 0.6 is 0 Å². The number of amides is 1. The van der Waals surface area contributed by atoms with Crippen molar-refractivity contribution in [2.24, 2.45) is 5.41 Å². The molecule has 0 saturated carbocycles. The summed E-state index contributed by atoms with van der Waals surface area (Å²) in [5, 5.41) is 0. The summed E-state index contributed by atoms with van der Waals surface area (Å²) >= 11 is 0. The summed E-state index contributed by atoms with van der Waals surface area (Å²) in [6.45, 7) is 9.78. The molecular formula is C13H24N2O2. The number of hydrogen-bond donors (Lipinski definition) is 0. The molecule has 4 nitrogen and oxygen atoms in total. The fourth-order valence-corrected chi connectivity index (χ4v) is 2.93. The van der Waals surface area contributed by atoms with Gasteiger partial charge in [-0.15, -0.1) is 0 Å². The van der Waals surface area contributed by atoms with Gasteiger partial charge in [-0.05, 0) is 47.2 Å². The van der Waals surface area contributed by atoms with Crippen LogP contribution in [0.25, 0.3) is 0 Å². The number of carbonyl (C=O) groups is 1. The maximum atomic E-state index is 11.8. The average molecular weight is 240 g/mol. The van der Waals surface area contributed by atoms with Crippen LogP contribution in [-0.4, -0.2) is 54.7 Å². The van der Waals surface area contributed by atoms with E-state index in [1.54, 1.807) is 0 Å². The summed E-state index contributed by atoms with van der Waals surface area (Å²) in [4.78, 5) is 16.0. The van der Waals surface area contributed by atoms with Crippen LogP contribution in [-0.2, 0) is 4.74 Å². The molecule has 0 radical (unpaired) electrons. The van der Waals surface area contributed by atoms with Gasteiger partial charge in [-0.2, -0.15) is 0 Å². The van der Waals surface area contributed by atoms with Crippen molar-refractivity contribution >= 4 is 6.09 Å². The molecular weight excluding hydrogens is 216 g/mol. The highest BCUT2D eigenvalue weighted by Gasteiger charge is 2.47. The van der Waals surface area contributed by atoms with E-state index in [4.69, 9.17) is 4.74 Å². The number of likely N-dealkylation sites (tertiary alicyclic amines) is 2. The van der Waals surface area contributed by atoms with Crippen molar-refractivity contribution in [3.8, 4) is 0 Å². The molecule has 1 spiro atoms. The summed E-state index contributed by atoms with van der Waals surface area (Å²) in [7, 11) is 2.16. The average Bonchev–Trinajstić information content (AvgIpc) is 2.10. The molecule has 1 amide bonds. The Morgan fingerprint density at radius 3 is 2.41 bits per heavy atom. The lowest BCUT2D eigenvalue weighted by Gasteiger charge is -2.53. The van der Waals surface area contributed by atoms with Crippen LogP contribution in [0, 0.1) is 5.41 Å². The lowest BCUT2D eigenvalue weighted by atomic mass is 9.73. The summed E-state index contributed by atoms with van der Waals surface area (Å²) in [6, 6.07) is 0. The largest absolute Gasteiger partial charge is 0.444 e. The topological polar surface area (TPSA) is 32.8 Å². The molecule has 0 unspecified atom stereocenters. The highest BCUT2D eigenvalue weighted by Crippen LogP contribution is 2.39. The Labute approximate surface area is 104 Å². The first-order valence-electron chi connectivity index (χ1n) is 6.46. The van der Waals surface area contributed by atoms with Crippen LogP contribution in [0.2, 0.25) is 0 Å². The minimum atomic E-state index is -0.386. The first kappa shape index (κ1) is 12.7. The molecule has 0 atom stereocenters. The number of rotatable bonds is 0. The molecule has 0 bridgehead atoms. The maximum absolute atomic E-state index is 11.8. The van der Waals surface area contributed by atoms with E-state index >= 15 is 0 Å². The Bertz CT molecular complexity index is 303. The first-order valence-corrected chi connectivity index (χ1v) is 6.46. The van der Waals surface area contributed by atoms with Crippen LogP contribution in [0.3, 0.4) is 0 Å². The lowest BCUT2D eigenvalue weighted by Crippen LogP contribution is -2.64. The van der Waals surface area contributed by atoms with Crippen LogP contribution < -0.4 is 0 Å². The quantitative estimate of drug-likeness (QED) is 0.649. The van der Waals surface area contributed by atoms with Gasteiger partial charge < -0.3 is 14.5 Å². The number of nitrogens with zero attached hydrogens (tertiary/aromatic N) is 2. The summed E-state index contributed by atoms with van der Waals surface area (Å²) in [6.07, 6.45) is 2.34. The van der Waals surface area contributed by atoms with E-state index in [0.717, 1.165) is 19.6 Å². The Morgan fingerprint density at radius 2 is 1.88 bits per heavy atom. The van der Waals surface area contributed by atoms with Crippen molar-refractivity contribution < 1.29 is 9.53 Å². The molecule has 0 aromatic heterocycles. The highest BCUT2D eigenvalue weighted by molar-refractivity contribution is 5.69. The number of hydrogen-bond acceptors (Lipinski definition) is 3. The molecule has 2 aliphatic heterocycles. The van der Waals surface area contributed by atoms with E-state index in [9.17, 15) is 4.79 Å². The zero-order chi connectivity index (χ0) is 12.7. The fraction of sp³-hybridized carbons (Fsp3) is 0.923. The van der Waals surface area contributed by atoms with Gasteiger partial charge >= 0.3 is 6.09 Å². The molecule has 0 aromatic carbocycles. The lowest BCUT2D eigenvalue weighted by molar-refractivity contribution is -0.0604. The van der Waals surface area contributed by atoms with Crippen LogP contribution in [0.5, 0.6) is 0 Å². The van der Waals surface area contributed by atoms with Gasteiger partial charge in [0.25, 0.3) is 0 Å². The summed E-state index contributed by atoms with van der Waals surface area (Å²) < 4.78 is 5.38. The zero-order valence-corrected chi connectivity index (χ0v) is 11.5.